The van der Waals surface area contributed by atoms with E-state index in [1.54, 1.807) is 35.3 Å². The van der Waals surface area contributed by atoms with Gasteiger partial charge in [0.15, 0.2) is 5.60 Å². The Hall–Kier alpha value is -2.12. The van der Waals surface area contributed by atoms with E-state index in [4.69, 9.17) is 16.3 Å². The van der Waals surface area contributed by atoms with Gasteiger partial charge in [-0.25, -0.2) is 4.98 Å². The molecule has 25 heavy (non-hydrogen) atoms. The molecule has 2 heterocycles. The van der Waals surface area contributed by atoms with E-state index in [-0.39, 0.29) is 11.9 Å². The van der Waals surface area contributed by atoms with Crippen molar-refractivity contribution >= 4 is 17.5 Å². The summed E-state index contributed by atoms with van der Waals surface area (Å²) in [5, 5.41) is 11.0. The predicted octanol–water partition coefficient (Wildman–Crippen LogP) is 1.64. The zero-order valence-corrected chi connectivity index (χ0v) is 14.9. The molecule has 7 nitrogen and oxygen atoms in total. The number of aromatic nitrogens is 3. The molecule has 1 fully saturated rings. The normalized spacial score (nSPS) is 17.7. The van der Waals surface area contributed by atoms with E-state index in [0.717, 1.165) is 13.1 Å². The van der Waals surface area contributed by atoms with Gasteiger partial charge >= 0.3 is 0 Å². The standard InChI is InChI=1S/C17H22ClN5O2/c1-13(10-23-12-20-11-21-23)22-16(24)17(6-8-19-9-7-17)25-15-4-2-14(18)3-5-15/h2-5,11-13,19H,6-10H2,1H3,(H,22,24). The van der Waals surface area contributed by atoms with Gasteiger partial charge in [-0.2, -0.15) is 5.10 Å². The third-order valence-electron chi connectivity index (χ3n) is 4.26. The zero-order valence-electron chi connectivity index (χ0n) is 14.1. The highest BCUT2D eigenvalue weighted by molar-refractivity contribution is 6.30. The van der Waals surface area contributed by atoms with Crippen LogP contribution >= 0.6 is 11.6 Å². The third kappa shape index (κ3) is 4.49. The van der Waals surface area contributed by atoms with E-state index in [2.05, 4.69) is 20.7 Å². The number of amides is 1. The maximum absolute atomic E-state index is 13.0. The fourth-order valence-corrected chi connectivity index (χ4v) is 3.07. The molecule has 1 aromatic heterocycles. The van der Waals surface area contributed by atoms with Crippen LogP contribution in [0.25, 0.3) is 0 Å². The Balaban J connectivity index is 1.70. The van der Waals surface area contributed by atoms with Crippen molar-refractivity contribution in [3.05, 3.63) is 41.9 Å². The molecule has 1 aliphatic rings. The quantitative estimate of drug-likeness (QED) is 0.815. The minimum atomic E-state index is -0.879. The van der Waals surface area contributed by atoms with Gasteiger partial charge in [0.1, 0.15) is 18.4 Å². The third-order valence-corrected chi connectivity index (χ3v) is 4.51. The molecular formula is C17H22ClN5O2. The van der Waals surface area contributed by atoms with Crippen LogP contribution in [0.4, 0.5) is 0 Å². The van der Waals surface area contributed by atoms with Crippen molar-refractivity contribution in [2.75, 3.05) is 13.1 Å². The highest BCUT2D eigenvalue weighted by Crippen LogP contribution is 2.28. The number of carbonyl (C=O) groups is 1. The number of piperidine rings is 1. The molecule has 1 amide bonds. The molecule has 1 unspecified atom stereocenters. The van der Waals surface area contributed by atoms with Crippen LogP contribution in [0.3, 0.4) is 0 Å². The summed E-state index contributed by atoms with van der Waals surface area (Å²) in [5.41, 5.74) is -0.879. The second-order valence-electron chi connectivity index (χ2n) is 6.29. The van der Waals surface area contributed by atoms with Crippen molar-refractivity contribution in [1.29, 1.82) is 0 Å². The monoisotopic (exact) mass is 363 g/mol. The van der Waals surface area contributed by atoms with Gasteiger partial charge in [-0.05, 0) is 44.3 Å². The molecule has 2 N–H and O–H groups in total. The summed E-state index contributed by atoms with van der Waals surface area (Å²) in [4.78, 5) is 16.9. The minimum absolute atomic E-state index is 0.0882. The lowest BCUT2D eigenvalue weighted by molar-refractivity contribution is -0.140. The van der Waals surface area contributed by atoms with Gasteiger partial charge in [-0.1, -0.05) is 11.6 Å². The average molecular weight is 364 g/mol. The van der Waals surface area contributed by atoms with Crippen LogP contribution in [0.5, 0.6) is 5.75 Å². The largest absolute Gasteiger partial charge is 0.477 e. The molecule has 1 aromatic carbocycles. The summed E-state index contributed by atoms with van der Waals surface area (Å²) in [7, 11) is 0. The van der Waals surface area contributed by atoms with Crippen molar-refractivity contribution in [2.45, 2.75) is 38.0 Å². The Morgan fingerprint density at radius 2 is 2.12 bits per heavy atom. The minimum Gasteiger partial charge on any atom is -0.477 e. The maximum atomic E-state index is 13.0. The van der Waals surface area contributed by atoms with E-state index in [9.17, 15) is 4.79 Å². The van der Waals surface area contributed by atoms with Crippen LogP contribution in [0.15, 0.2) is 36.9 Å². The molecule has 0 saturated carbocycles. The highest BCUT2D eigenvalue weighted by Gasteiger charge is 2.42. The number of hydrogen-bond acceptors (Lipinski definition) is 5. The second kappa shape index (κ2) is 7.84. The number of halogens is 1. The SMILES string of the molecule is CC(Cn1cncn1)NC(=O)C1(Oc2ccc(Cl)cc2)CCNCC1. The molecule has 0 radical (unpaired) electrons. The second-order valence-corrected chi connectivity index (χ2v) is 6.73. The molecule has 8 heteroatoms. The van der Waals surface area contributed by atoms with E-state index < -0.39 is 5.60 Å². The van der Waals surface area contributed by atoms with Crippen molar-refractivity contribution in [3.63, 3.8) is 0 Å². The lowest BCUT2D eigenvalue weighted by Crippen LogP contribution is -2.58. The van der Waals surface area contributed by atoms with Gasteiger partial charge in [0, 0.05) is 23.9 Å². The smallest absolute Gasteiger partial charge is 0.264 e. The molecule has 0 spiro atoms. The Labute approximate surface area is 151 Å². The molecule has 2 aromatic rings. The summed E-state index contributed by atoms with van der Waals surface area (Å²) in [6.07, 6.45) is 4.33. The Morgan fingerprint density at radius 3 is 2.76 bits per heavy atom. The van der Waals surface area contributed by atoms with Gasteiger partial charge in [0.2, 0.25) is 0 Å². The molecule has 0 bridgehead atoms. The lowest BCUT2D eigenvalue weighted by Gasteiger charge is -2.37. The Kier molecular flexibility index (Phi) is 5.55. The first kappa shape index (κ1) is 17.7. The zero-order chi connectivity index (χ0) is 17.7. The van der Waals surface area contributed by atoms with E-state index in [1.807, 2.05) is 6.92 Å². The number of benzene rings is 1. The Morgan fingerprint density at radius 1 is 1.40 bits per heavy atom. The van der Waals surface area contributed by atoms with Crippen LogP contribution in [0.2, 0.25) is 5.02 Å². The van der Waals surface area contributed by atoms with Crippen LogP contribution in [0.1, 0.15) is 19.8 Å². The first-order valence-electron chi connectivity index (χ1n) is 8.36. The van der Waals surface area contributed by atoms with Crippen LogP contribution < -0.4 is 15.4 Å². The summed E-state index contributed by atoms with van der Waals surface area (Å²) in [6, 6.07) is 7.01. The van der Waals surface area contributed by atoms with Crippen LogP contribution in [0, 0.1) is 0 Å². The fourth-order valence-electron chi connectivity index (χ4n) is 2.94. The van der Waals surface area contributed by atoms with Gasteiger partial charge in [0.05, 0.1) is 6.54 Å². The number of ether oxygens (including phenoxy) is 1. The molecule has 0 aliphatic carbocycles. The van der Waals surface area contributed by atoms with Gasteiger partial charge in [0.25, 0.3) is 5.91 Å². The number of nitrogens with one attached hydrogen (secondary N) is 2. The summed E-state index contributed by atoms with van der Waals surface area (Å²) in [6.45, 7) is 3.97. The number of nitrogens with zero attached hydrogens (tertiary/aromatic N) is 3. The van der Waals surface area contributed by atoms with Crippen molar-refractivity contribution in [1.82, 2.24) is 25.4 Å². The van der Waals surface area contributed by atoms with Crippen molar-refractivity contribution in [2.24, 2.45) is 0 Å². The number of rotatable bonds is 6. The molecule has 1 aliphatic heterocycles. The first-order chi connectivity index (χ1) is 12.1. The van der Waals surface area contributed by atoms with Gasteiger partial charge in [-0.15, -0.1) is 0 Å². The summed E-state index contributed by atoms with van der Waals surface area (Å²) >= 11 is 5.93. The number of carbonyl (C=O) groups excluding carboxylic acids is 1. The summed E-state index contributed by atoms with van der Waals surface area (Å²) in [5.74, 6) is 0.543. The van der Waals surface area contributed by atoms with Crippen molar-refractivity contribution < 1.29 is 9.53 Å². The molecular weight excluding hydrogens is 342 g/mol. The van der Waals surface area contributed by atoms with Crippen molar-refractivity contribution in [3.8, 4) is 5.75 Å². The molecule has 1 atom stereocenters. The summed E-state index contributed by atoms with van der Waals surface area (Å²) < 4.78 is 7.84. The van der Waals surface area contributed by atoms with Gasteiger partial charge in [-0.3, -0.25) is 9.48 Å². The van der Waals surface area contributed by atoms with Crippen LogP contribution in [-0.4, -0.2) is 45.4 Å². The first-order valence-corrected chi connectivity index (χ1v) is 8.74. The molecule has 1 saturated heterocycles. The lowest BCUT2D eigenvalue weighted by atomic mass is 9.90. The average Bonchev–Trinajstić information content (AvgIpc) is 3.10. The van der Waals surface area contributed by atoms with E-state index in [0.29, 0.717) is 30.2 Å². The topological polar surface area (TPSA) is 81.1 Å². The van der Waals surface area contributed by atoms with E-state index >= 15 is 0 Å². The predicted molar refractivity (Wildman–Crippen MR) is 94.5 cm³/mol. The fraction of sp³-hybridized carbons (Fsp3) is 0.471. The molecule has 134 valence electrons. The van der Waals surface area contributed by atoms with Gasteiger partial charge < -0.3 is 15.4 Å². The Bertz CT molecular complexity index is 684. The van der Waals surface area contributed by atoms with E-state index in [1.165, 1.54) is 6.33 Å². The molecule has 3 rings (SSSR count). The van der Waals surface area contributed by atoms with Crippen LogP contribution in [-0.2, 0) is 11.3 Å². The number of hydrogen-bond donors (Lipinski definition) is 2. The highest BCUT2D eigenvalue weighted by atomic mass is 35.5. The maximum Gasteiger partial charge on any atom is 0.264 e.